The Morgan fingerprint density at radius 3 is 2.24 bits per heavy atom. The Kier molecular flexibility index (Phi) is 5.07. The number of carbonyl (C=O) groups is 4. The van der Waals surface area contributed by atoms with E-state index >= 15 is 0 Å². The molecule has 0 N–H and O–H groups in total. The molecule has 2 saturated heterocycles. The van der Waals surface area contributed by atoms with Crippen LogP contribution in [0, 0.1) is 5.92 Å². The standard InChI is InChI=1S/C21H17ClN2O5/c22-16-3-1-2-4-17(16)23-12-13(11-20(23)27)21(28)29-15-7-5-14(6-8-15)24-18(25)9-10-19(24)26/h1-8,13H,9-12H2/t13-/m1/s1. The number of para-hydroxylation sites is 1. The van der Waals surface area contributed by atoms with E-state index in [-0.39, 0.29) is 49.3 Å². The summed E-state index contributed by atoms with van der Waals surface area (Å²) >= 11 is 6.15. The van der Waals surface area contributed by atoms with Gasteiger partial charge in [0.25, 0.3) is 0 Å². The van der Waals surface area contributed by atoms with Gasteiger partial charge in [0.05, 0.1) is 22.3 Å². The average molecular weight is 413 g/mol. The first kappa shape index (κ1) is 19.1. The third kappa shape index (κ3) is 3.73. The third-order valence-electron chi connectivity index (χ3n) is 4.97. The van der Waals surface area contributed by atoms with Gasteiger partial charge in [-0.3, -0.25) is 24.1 Å². The SMILES string of the molecule is O=C(Oc1ccc(N2C(=O)CCC2=O)cc1)[C@@H]1CC(=O)N(c2ccccc2Cl)C1. The number of halogens is 1. The lowest BCUT2D eigenvalue weighted by molar-refractivity contribution is -0.139. The summed E-state index contributed by atoms with van der Waals surface area (Å²) in [7, 11) is 0. The highest BCUT2D eigenvalue weighted by Crippen LogP contribution is 2.32. The van der Waals surface area contributed by atoms with Crippen molar-refractivity contribution in [2.45, 2.75) is 19.3 Å². The molecule has 148 valence electrons. The summed E-state index contributed by atoms with van der Waals surface area (Å²) in [4.78, 5) is 51.1. The summed E-state index contributed by atoms with van der Waals surface area (Å²) in [6.07, 6.45) is 0.444. The van der Waals surface area contributed by atoms with Gasteiger partial charge in [0, 0.05) is 25.8 Å². The quantitative estimate of drug-likeness (QED) is 0.438. The molecule has 1 atom stereocenters. The molecule has 2 fully saturated rings. The molecule has 4 rings (SSSR count). The van der Waals surface area contributed by atoms with Crippen molar-refractivity contribution >= 4 is 46.7 Å². The van der Waals surface area contributed by atoms with Gasteiger partial charge in [-0.15, -0.1) is 0 Å². The van der Waals surface area contributed by atoms with Crippen molar-refractivity contribution in [2.75, 3.05) is 16.3 Å². The Labute approximate surface area is 171 Å². The number of ether oxygens (including phenoxy) is 1. The van der Waals surface area contributed by atoms with Gasteiger partial charge in [0.2, 0.25) is 17.7 Å². The molecule has 2 heterocycles. The molecule has 7 nitrogen and oxygen atoms in total. The van der Waals surface area contributed by atoms with Crippen LogP contribution >= 0.6 is 11.6 Å². The Morgan fingerprint density at radius 2 is 1.59 bits per heavy atom. The summed E-state index contributed by atoms with van der Waals surface area (Å²) in [5.41, 5.74) is 1.01. The number of carbonyl (C=O) groups excluding carboxylic acids is 4. The second-order valence-electron chi connectivity index (χ2n) is 6.89. The molecule has 0 aliphatic carbocycles. The van der Waals surface area contributed by atoms with Gasteiger partial charge >= 0.3 is 5.97 Å². The highest BCUT2D eigenvalue weighted by molar-refractivity contribution is 6.33. The molecule has 2 aliphatic heterocycles. The van der Waals surface area contributed by atoms with Gasteiger partial charge in [0.15, 0.2) is 0 Å². The average Bonchev–Trinajstić information content (AvgIpc) is 3.25. The van der Waals surface area contributed by atoms with Crippen LogP contribution in [-0.4, -0.2) is 30.2 Å². The van der Waals surface area contributed by atoms with Crippen LogP contribution in [0.25, 0.3) is 0 Å². The van der Waals surface area contributed by atoms with Crippen LogP contribution in [0.5, 0.6) is 5.75 Å². The monoisotopic (exact) mass is 412 g/mol. The number of nitrogens with zero attached hydrogens (tertiary/aromatic N) is 2. The first-order chi connectivity index (χ1) is 13.9. The zero-order valence-corrected chi connectivity index (χ0v) is 16.1. The van der Waals surface area contributed by atoms with Crippen LogP contribution in [0.3, 0.4) is 0 Å². The van der Waals surface area contributed by atoms with Gasteiger partial charge in [-0.25, -0.2) is 0 Å². The Bertz CT molecular complexity index is 988. The smallest absolute Gasteiger partial charge is 0.316 e. The van der Waals surface area contributed by atoms with Crippen molar-refractivity contribution in [1.82, 2.24) is 0 Å². The maximum atomic E-state index is 12.5. The molecule has 0 bridgehead atoms. The minimum atomic E-state index is -0.611. The molecule has 2 aromatic carbocycles. The van der Waals surface area contributed by atoms with Crippen molar-refractivity contribution in [1.29, 1.82) is 0 Å². The van der Waals surface area contributed by atoms with Crippen LogP contribution in [0.4, 0.5) is 11.4 Å². The normalized spacial score (nSPS) is 19.2. The molecule has 8 heteroatoms. The van der Waals surface area contributed by atoms with Crippen LogP contribution in [0.2, 0.25) is 5.02 Å². The van der Waals surface area contributed by atoms with Crippen molar-refractivity contribution < 1.29 is 23.9 Å². The number of anilines is 2. The van der Waals surface area contributed by atoms with Gasteiger partial charge < -0.3 is 9.64 Å². The van der Waals surface area contributed by atoms with Crippen LogP contribution in [0.1, 0.15) is 19.3 Å². The molecule has 29 heavy (non-hydrogen) atoms. The van der Waals surface area contributed by atoms with Crippen molar-refractivity contribution in [3.05, 3.63) is 53.6 Å². The second kappa shape index (κ2) is 7.67. The zero-order chi connectivity index (χ0) is 20.5. The van der Waals surface area contributed by atoms with E-state index < -0.39 is 11.9 Å². The van der Waals surface area contributed by atoms with E-state index in [1.54, 1.807) is 36.4 Å². The van der Waals surface area contributed by atoms with Crippen molar-refractivity contribution in [3.8, 4) is 5.75 Å². The molecule has 3 amide bonds. The minimum Gasteiger partial charge on any atom is -0.426 e. The van der Waals surface area contributed by atoms with E-state index in [4.69, 9.17) is 16.3 Å². The minimum absolute atomic E-state index is 0.0406. The highest BCUT2D eigenvalue weighted by atomic mass is 35.5. The van der Waals surface area contributed by atoms with E-state index in [1.807, 2.05) is 0 Å². The van der Waals surface area contributed by atoms with Gasteiger partial charge in [-0.05, 0) is 36.4 Å². The molecule has 2 aliphatic rings. The maximum Gasteiger partial charge on any atom is 0.316 e. The number of imide groups is 1. The number of hydrogen-bond donors (Lipinski definition) is 0. The molecule has 2 aromatic rings. The summed E-state index contributed by atoms with van der Waals surface area (Å²) < 4.78 is 5.39. The van der Waals surface area contributed by atoms with Crippen LogP contribution in [-0.2, 0) is 19.2 Å². The molecule has 0 aromatic heterocycles. The van der Waals surface area contributed by atoms with Gasteiger partial charge in [0.1, 0.15) is 5.75 Å². The lowest BCUT2D eigenvalue weighted by Gasteiger charge is -2.18. The van der Waals surface area contributed by atoms with Gasteiger partial charge in [-0.1, -0.05) is 23.7 Å². The van der Waals surface area contributed by atoms with E-state index in [1.165, 1.54) is 17.0 Å². The number of esters is 1. The summed E-state index contributed by atoms with van der Waals surface area (Å²) in [5, 5.41) is 0.441. The Hall–Kier alpha value is -3.19. The van der Waals surface area contributed by atoms with Crippen LogP contribution in [0.15, 0.2) is 48.5 Å². The third-order valence-corrected chi connectivity index (χ3v) is 5.29. The largest absolute Gasteiger partial charge is 0.426 e. The number of benzene rings is 2. The molecule has 0 spiro atoms. The highest BCUT2D eigenvalue weighted by Gasteiger charge is 2.37. The summed E-state index contributed by atoms with van der Waals surface area (Å²) in [5.74, 6) is -1.54. The Balaban J connectivity index is 1.42. The number of amides is 3. The van der Waals surface area contributed by atoms with Crippen molar-refractivity contribution in [2.24, 2.45) is 5.92 Å². The zero-order valence-electron chi connectivity index (χ0n) is 15.3. The fourth-order valence-corrected chi connectivity index (χ4v) is 3.73. The molecule has 0 unspecified atom stereocenters. The van der Waals surface area contributed by atoms with Crippen LogP contribution < -0.4 is 14.5 Å². The van der Waals surface area contributed by atoms with Gasteiger partial charge in [-0.2, -0.15) is 0 Å². The van der Waals surface area contributed by atoms with E-state index in [9.17, 15) is 19.2 Å². The maximum absolute atomic E-state index is 12.5. The lowest BCUT2D eigenvalue weighted by atomic mass is 10.1. The van der Waals surface area contributed by atoms with E-state index in [0.29, 0.717) is 16.4 Å². The second-order valence-corrected chi connectivity index (χ2v) is 7.30. The van der Waals surface area contributed by atoms with Crippen molar-refractivity contribution in [3.63, 3.8) is 0 Å². The molecular formula is C21H17ClN2O5. The lowest BCUT2D eigenvalue weighted by Crippen LogP contribution is -2.28. The predicted octanol–water partition coefficient (Wildman–Crippen LogP) is 2.95. The molecular weight excluding hydrogens is 396 g/mol. The molecule has 0 radical (unpaired) electrons. The Morgan fingerprint density at radius 1 is 0.931 bits per heavy atom. The fraction of sp³-hybridized carbons (Fsp3) is 0.238. The summed E-state index contributed by atoms with van der Waals surface area (Å²) in [6.45, 7) is 0.191. The topological polar surface area (TPSA) is 84.0 Å². The fourth-order valence-electron chi connectivity index (χ4n) is 3.50. The first-order valence-electron chi connectivity index (χ1n) is 9.16. The summed E-state index contributed by atoms with van der Waals surface area (Å²) in [6, 6.07) is 13.1. The number of hydrogen-bond acceptors (Lipinski definition) is 5. The van der Waals surface area contributed by atoms with E-state index in [2.05, 4.69) is 0 Å². The van der Waals surface area contributed by atoms with E-state index in [0.717, 1.165) is 4.90 Å². The molecule has 0 saturated carbocycles. The first-order valence-corrected chi connectivity index (χ1v) is 9.54. The number of rotatable bonds is 4. The predicted molar refractivity (Wildman–Crippen MR) is 106 cm³/mol.